The van der Waals surface area contributed by atoms with Crippen LogP contribution in [0.15, 0.2) is 30.6 Å². The van der Waals surface area contributed by atoms with Crippen LogP contribution in [-0.4, -0.2) is 21.0 Å². The third-order valence-corrected chi connectivity index (χ3v) is 3.62. The summed E-state index contributed by atoms with van der Waals surface area (Å²) in [6, 6.07) is 3.79. The first-order valence-corrected chi connectivity index (χ1v) is 6.71. The number of pyridine rings is 1. The largest absolute Gasteiger partial charge is 0.478 e. The molecule has 5 heteroatoms. The highest BCUT2D eigenvalue weighted by Gasteiger charge is 2.13. The van der Waals surface area contributed by atoms with Crippen molar-refractivity contribution in [2.75, 3.05) is 0 Å². The summed E-state index contributed by atoms with van der Waals surface area (Å²) in [5, 5.41) is 9.60. The van der Waals surface area contributed by atoms with Gasteiger partial charge in [0.1, 0.15) is 5.01 Å². The number of aliphatic carboxylic acids is 1. The number of nitrogens with zero attached hydrogens (tertiary/aromatic N) is 2. The molecule has 1 N–H and O–H groups in total. The van der Waals surface area contributed by atoms with Crippen LogP contribution in [0, 0.1) is 0 Å². The van der Waals surface area contributed by atoms with Crippen LogP contribution in [0.3, 0.4) is 0 Å². The Hall–Kier alpha value is -2.01. The first kappa shape index (κ1) is 13.4. The molecule has 0 amide bonds. The molecule has 0 bridgehead atoms. The van der Waals surface area contributed by atoms with Gasteiger partial charge in [0.15, 0.2) is 0 Å². The molecular weight excluding hydrogens is 260 g/mol. The normalized spacial score (nSPS) is 11.3. The van der Waals surface area contributed by atoms with Crippen LogP contribution >= 0.6 is 11.3 Å². The molecular formula is C14H14N2O2S. The van der Waals surface area contributed by atoms with Crippen molar-refractivity contribution >= 4 is 23.4 Å². The third-order valence-electron chi connectivity index (χ3n) is 2.53. The predicted octanol–water partition coefficient (Wildman–Crippen LogP) is 3.43. The molecule has 2 aromatic heterocycles. The summed E-state index contributed by atoms with van der Waals surface area (Å²) in [4.78, 5) is 20.1. The van der Waals surface area contributed by atoms with E-state index in [0.717, 1.165) is 27.2 Å². The Morgan fingerprint density at radius 2 is 2.05 bits per heavy atom. The molecule has 0 atom stereocenters. The number of thiazole rings is 1. The zero-order valence-corrected chi connectivity index (χ0v) is 11.5. The zero-order chi connectivity index (χ0) is 13.8. The maximum Gasteiger partial charge on any atom is 0.328 e. The molecule has 0 aliphatic heterocycles. The average molecular weight is 274 g/mol. The lowest BCUT2D eigenvalue weighted by atomic mass is 10.1. The second kappa shape index (κ2) is 5.75. The average Bonchev–Trinajstić information content (AvgIpc) is 2.81. The van der Waals surface area contributed by atoms with Crippen molar-refractivity contribution in [2.45, 2.75) is 19.8 Å². The van der Waals surface area contributed by atoms with Crippen LogP contribution in [0.1, 0.15) is 30.3 Å². The van der Waals surface area contributed by atoms with Crippen LogP contribution in [0.4, 0.5) is 0 Å². The molecule has 0 saturated carbocycles. The van der Waals surface area contributed by atoms with E-state index in [2.05, 4.69) is 9.97 Å². The van der Waals surface area contributed by atoms with Gasteiger partial charge in [0.05, 0.1) is 10.6 Å². The Labute approximate surface area is 115 Å². The summed E-state index contributed by atoms with van der Waals surface area (Å²) in [6.07, 6.45) is 6.20. The summed E-state index contributed by atoms with van der Waals surface area (Å²) in [6.45, 7) is 4.09. The molecule has 0 radical (unpaired) electrons. The SMILES string of the molecule is CC(C)c1nc(-c2ccncc2)sc1/C=C/C(=O)O. The van der Waals surface area contributed by atoms with Crippen LogP contribution in [0.5, 0.6) is 0 Å². The van der Waals surface area contributed by atoms with Gasteiger partial charge in [-0.05, 0) is 24.1 Å². The van der Waals surface area contributed by atoms with Crippen LogP contribution < -0.4 is 0 Å². The van der Waals surface area contributed by atoms with Crippen molar-refractivity contribution < 1.29 is 9.90 Å². The summed E-state index contributed by atoms with van der Waals surface area (Å²) in [5.41, 5.74) is 1.92. The number of hydrogen-bond donors (Lipinski definition) is 1. The topological polar surface area (TPSA) is 63.1 Å². The lowest BCUT2D eigenvalue weighted by Gasteiger charge is -2.00. The van der Waals surface area contributed by atoms with Gasteiger partial charge >= 0.3 is 5.97 Å². The molecule has 2 heterocycles. The predicted molar refractivity (Wildman–Crippen MR) is 76.1 cm³/mol. The summed E-state index contributed by atoms with van der Waals surface area (Å²) >= 11 is 1.49. The minimum atomic E-state index is -0.950. The van der Waals surface area contributed by atoms with E-state index in [1.54, 1.807) is 18.5 Å². The second-order valence-corrected chi connectivity index (χ2v) is 5.36. The van der Waals surface area contributed by atoms with Gasteiger partial charge in [0.2, 0.25) is 0 Å². The number of rotatable bonds is 4. The number of carbonyl (C=O) groups is 1. The van der Waals surface area contributed by atoms with Gasteiger partial charge in [-0.15, -0.1) is 11.3 Å². The zero-order valence-electron chi connectivity index (χ0n) is 10.7. The lowest BCUT2D eigenvalue weighted by Crippen LogP contribution is -1.91. The highest BCUT2D eigenvalue weighted by molar-refractivity contribution is 7.16. The molecule has 0 aliphatic rings. The Morgan fingerprint density at radius 1 is 1.37 bits per heavy atom. The van der Waals surface area contributed by atoms with E-state index >= 15 is 0 Å². The first-order chi connectivity index (χ1) is 9.08. The standard InChI is InChI=1S/C14H14N2O2S/c1-9(2)13-11(3-4-12(17)18)19-14(16-13)10-5-7-15-8-6-10/h3-9H,1-2H3,(H,17,18)/b4-3+. The second-order valence-electron chi connectivity index (χ2n) is 4.33. The molecule has 2 rings (SSSR count). The first-order valence-electron chi connectivity index (χ1n) is 5.90. The monoisotopic (exact) mass is 274 g/mol. The van der Waals surface area contributed by atoms with Gasteiger partial charge in [-0.2, -0.15) is 0 Å². The number of hydrogen-bond acceptors (Lipinski definition) is 4. The van der Waals surface area contributed by atoms with Crippen molar-refractivity contribution in [2.24, 2.45) is 0 Å². The van der Waals surface area contributed by atoms with Gasteiger partial charge in [-0.1, -0.05) is 13.8 Å². The lowest BCUT2D eigenvalue weighted by molar-refractivity contribution is -0.131. The Kier molecular flexibility index (Phi) is 4.06. The smallest absolute Gasteiger partial charge is 0.328 e. The number of carboxylic acids is 1. The van der Waals surface area contributed by atoms with E-state index < -0.39 is 5.97 Å². The van der Waals surface area contributed by atoms with E-state index in [9.17, 15) is 4.79 Å². The van der Waals surface area contributed by atoms with Gasteiger partial charge < -0.3 is 5.11 Å². The molecule has 0 fully saturated rings. The molecule has 98 valence electrons. The quantitative estimate of drug-likeness (QED) is 0.868. The van der Waals surface area contributed by atoms with Crippen LogP contribution in [-0.2, 0) is 4.79 Å². The summed E-state index contributed by atoms with van der Waals surface area (Å²) in [7, 11) is 0. The number of carboxylic acid groups (broad SMARTS) is 1. The Bertz CT molecular complexity index is 603. The van der Waals surface area contributed by atoms with Crippen LogP contribution in [0.25, 0.3) is 16.6 Å². The minimum Gasteiger partial charge on any atom is -0.478 e. The highest BCUT2D eigenvalue weighted by Crippen LogP contribution is 2.32. The summed E-state index contributed by atoms with van der Waals surface area (Å²) < 4.78 is 0. The Morgan fingerprint density at radius 3 is 2.63 bits per heavy atom. The fourth-order valence-corrected chi connectivity index (χ4v) is 2.77. The van der Waals surface area contributed by atoms with Gasteiger partial charge in [0.25, 0.3) is 0 Å². The molecule has 0 saturated heterocycles. The van der Waals surface area contributed by atoms with Crippen LogP contribution in [0.2, 0.25) is 0 Å². The molecule has 19 heavy (non-hydrogen) atoms. The van der Waals surface area contributed by atoms with E-state index in [1.807, 2.05) is 26.0 Å². The van der Waals surface area contributed by atoms with Gasteiger partial charge in [-0.3, -0.25) is 4.98 Å². The van der Waals surface area contributed by atoms with Gasteiger partial charge in [-0.25, -0.2) is 9.78 Å². The van der Waals surface area contributed by atoms with Crippen molar-refractivity contribution in [3.63, 3.8) is 0 Å². The molecule has 2 aromatic rings. The number of aromatic nitrogens is 2. The minimum absolute atomic E-state index is 0.250. The van der Waals surface area contributed by atoms with Crippen molar-refractivity contribution in [3.05, 3.63) is 41.2 Å². The fraction of sp³-hybridized carbons (Fsp3) is 0.214. The van der Waals surface area contributed by atoms with Gasteiger partial charge in [0, 0.05) is 24.0 Å². The molecule has 0 aliphatic carbocycles. The maximum atomic E-state index is 10.6. The molecule has 0 unspecified atom stereocenters. The van der Waals surface area contributed by atoms with E-state index in [4.69, 9.17) is 5.11 Å². The Balaban J connectivity index is 2.44. The maximum absolute atomic E-state index is 10.6. The molecule has 0 spiro atoms. The molecule has 0 aromatic carbocycles. The van der Waals surface area contributed by atoms with E-state index in [0.29, 0.717) is 0 Å². The van der Waals surface area contributed by atoms with E-state index in [-0.39, 0.29) is 5.92 Å². The molecule has 4 nitrogen and oxygen atoms in total. The highest BCUT2D eigenvalue weighted by atomic mass is 32.1. The van der Waals surface area contributed by atoms with Crippen molar-refractivity contribution in [1.82, 2.24) is 9.97 Å². The fourth-order valence-electron chi connectivity index (χ4n) is 1.64. The van der Waals surface area contributed by atoms with E-state index in [1.165, 1.54) is 11.3 Å². The van der Waals surface area contributed by atoms with Crippen molar-refractivity contribution in [1.29, 1.82) is 0 Å². The summed E-state index contributed by atoms with van der Waals surface area (Å²) in [5.74, 6) is -0.700. The van der Waals surface area contributed by atoms with Crippen molar-refractivity contribution in [3.8, 4) is 10.6 Å². The third kappa shape index (κ3) is 3.26.